The van der Waals surface area contributed by atoms with E-state index in [0.29, 0.717) is 44.8 Å². The third kappa shape index (κ3) is 3.72. The first-order valence-corrected chi connectivity index (χ1v) is 9.68. The molecule has 0 spiro atoms. The van der Waals surface area contributed by atoms with Crippen LogP contribution in [0.25, 0.3) is 0 Å². The Kier molecular flexibility index (Phi) is 5.87. The lowest BCUT2D eigenvalue weighted by molar-refractivity contribution is -0.130. The highest BCUT2D eigenvalue weighted by Gasteiger charge is 2.31. The number of nitrogens with zero attached hydrogens (tertiary/aromatic N) is 2. The number of hydrogen-bond acceptors (Lipinski definition) is 4. The molecule has 1 aromatic carbocycles. The van der Waals surface area contributed by atoms with Gasteiger partial charge in [0, 0.05) is 32.6 Å². The topological polar surface area (TPSA) is 66.9 Å². The monoisotopic (exact) mass is 354 g/mol. The van der Waals surface area contributed by atoms with Crippen molar-refractivity contribution in [2.45, 2.75) is 38.5 Å². The van der Waals surface area contributed by atoms with E-state index in [1.165, 1.54) is 11.4 Å². The first kappa shape index (κ1) is 18.7. The summed E-state index contributed by atoms with van der Waals surface area (Å²) in [6.07, 6.45) is 1.08. The summed E-state index contributed by atoms with van der Waals surface area (Å²) in [6, 6.07) is 3.56. The van der Waals surface area contributed by atoms with Gasteiger partial charge in [-0.2, -0.15) is 4.31 Å². The Morgan fingerprint density at radius 1 is 1.17 bits per heavy atom. The molecule has 1 aliphatic rings. The van der Waals surface area contributed by atoms with Crippen LogP contribution in [0.2, 0.25) is 0 Å². The maximum Gasteiger partial charge on any atom is 0.246 e. The zero-order valence-corrected chi connectivity index (χ0v) is 15.6. The highest BCUT2D eigenvalue weighted by Crippen LogP contribution is 2.31. The first-order chi connectivity index (χ1) is 11.3. The quantitative estimate of drug-likeness (QED) is 0.829. The van der Waals surface area contributed by atoms with Crippen molar-refractivity contribution < 1.29 is 17.9 Å². The van der Waals surface area contributed by atoms with Crippen LogP contribution in [0.4, 0.5) is 0 Å². The SMILES string of the molecule is CCC(=O)N1CCCN(S(=O)(=O)c2cc(C)cc(C)c2OC)CC1. The smallest absolute Gasteiger partial charge is 0.246 e. The van der Waals surface area contributed by atoms with Gasteiger partial charge in [-0.25, -0.2) is 8.42 Å². The van der Waals surface area contributed by atoms with Crippen LogP contribution in [-0.4, -0.2) is 56.8 Å². The van der Waals surface area contributed by atoms with Crippen molar-refractivity contribution in [1.29, 1.82) is 0 Å². The van der Waals surface area contributed by atoms with E-state index in [4.69, 9.17) is 4.74 Å². The molecular weight excluding hydrogens is 328 g/mol. The van der Waals surface area contributed by atoms with Gasteiger partial charge in [-0.05, 0) is 37.5 Å². The van der Waals surface area contributed by atoms with Crippen molar-refractivity contribution in [3.05, 3.63) is 23.3 Å². The van der Waals surface area contributed by atoms with Crippen molar-refractivity contribution in [3.63, 3.8) is 0 Å². The number of ether oxygens (including phenoxy) is 1. The standard InChI is InChI=1S/C17H26N2O4S/c1-5-16(20)18-7-6-8-19(10-9-18)24(21,22)15-12-13(2)11-14(3)17(15)23-4/h11-12H,5-10H2,1-4H3. The zero-order valence-electron chi connectivity index (χ0n) is 14.8. The van der Waals surface area contributed by atoms with E-state index in [-0.39, 0.29) is 10.8 Å². The van der Waals surface area contributed by atoms with Crippen LogP contribution < -0.4 is 4.74 Å². The third-order valence-electron chi connectivity index (χ3n) is 4.32. The van der Waals surface area contributed by atoms with Crippen molar-refractivity contribution in [2.75, 3.05) is 33.3 Å². The Morgan fingerprint density at radius 2 is 1.88 bits per heavy atom. The van der Waals surface area contributed by atoms with E-state index in [0.717, 1.165) is 11.1 Å². The van der Waals surface area contributed by atoms with E-state index in [2.05, 4.69) is 0 Å². The maximum absolute atomic E-state index is 13.1. The minimum absolute atomic E-state index is 0.0678. The van der Waals surface area contributed by atoms with Gasteiger partial charge in [-0.1, -0.05) is 13.0 Å². The van der Waals surface area contributed by atoms with Gasteiger partial charge in [0.2, 0.25) is 15.9 Å². The molecule has 0 saturated carbocycles. The van der Waals surface area contributed by atoms with Crippen molar-refractivity contribution in [3.8, 4) is 5.75 Å². The molecule has 7 heteroatoms. The van der Waals surface area contributed by atoms with Crippen molar-refractivity contribution in [2.24, 2.45) is 0 Å². The van der Waals surface area contributed by atoms with Crippen LogP contribution in [-0.2, 0) is 14.8 Å². The normalized spacial score (nSPS) is 16.8. The van der Waals surface area contributed by atoms with Crippen LogP contribution in [0.3, 0.4) is 0 Å². The number of benzene rings is 1. The summed E-state index contributed by atoms with van der Waals surface area (Å²) in [5.41, 5.74) is 1.68. The molecule has 0 unspecified atom stereocenters. The highest BCUT2D eigenvalue weighted by atomic mass is 32.2. The van der Waals surface area contributed by atoms with E-state index >= 15 is 0 Å². The van der Waals surface area contributed by atoms with Gasteiger partial charge in [0.05, 0.1) is 7.11 Å². The Labute approximate surface area is 144 Å². The summed E-state index contributed by atoms with van der Waals surface area (Å²) in [5.74, 6) is 0.463. The molecule has 1 aromatic rings. The molecule has 0 N–H and O–H groups in total. The van der Waals surface area contributed by atoms with Crippen LogP contribution in [0.15, 0.2) is 17.0 Å². The lowest BCUT2D eigenvalue weighted by atomic mass is 10.1. The largest absolute Gasteiger partial charge is 0.495 e. The molecule has 1 amide bonds. The minimum Gasteiger partial charge on any atom is -0.495 e. The number of rotatable bonds is 4. The Morgan fingerprint density at radius 3 is 2.50 bits per heavy atom. The molecule has 0 bridgehead atoms. The van der Waals surface area contributed by atoms with Crippen molar-refractivity contribution in [1.82, 2.24) is 9.21 Å². The van der Waals surface area contributed by atoms with E-state index in [1.807, 2.05) is 26.8 Å². The molecule has 0 aromatic heterocycles. The molecule has 1 saturated heterocycles. The van der Waals surface area contributed by atoms with Gasteiger partial charge in [-0.15, -0.1) is 0 Å². The van der Waals surface area contributed by atoms with E-state index < -0.39 is 10.0 Å². The van der Waals surface area contributed by atoms with E-state index in [9.17, 15) is 13.2 Å². The second-order valence-corrected chi connectivity index (χ2v) is 8.01. The molecule has 0 radical (unpaired) electrons. The molecule has 2 rings (SSSR count). The van der Waals surface area contributed by atoms with Gasteiger partial charge in [-0.3, -0.25) is 4.79 Å². The second-order valence-electron chi connectivity index (χ2n) is 6.11. The molecule has 0 aliphatic carbocycles. The summed E-state index contributed by atoms with van der Waals surface area (Å²) >= 11 is 0. The minimum atomic E-state index is -3.66. The van der Waals surface area contributed by atoms with Crippen molar-refractivity contribution >= 4 is 15.9 Å². The molecule has 134 valence electrons. The highest BCUT2D eigenvalue weighted by molar-refractivity contribution is 7.89. The number of carbonyl (C=O) groups is 1. The molecule has 0 atom stereocenters. The lowest BCUT2D eigenvalue weighted by Crippen LogP contribution is -2.37. The number of carbonyl (C=O) groups excluding carboxylic acids is 1. The van der Waals surface area contributed by atoms with Crippen LogP contribution in [0, 0.1) is 13.8 Å². The fourth-order valence-corrected chi connectivity index (χ4v) is 4.90. The van der Waals surface area contributed by atoms with Crippen LogP contribution in [0.5, 0.6) is 5.75 Å². The second kappa shape index (κ2) is 7.53. The van der Waals surface area contributed by atoms with Gasteiger partial charge in [0.25, 0.3) is 0 Å². The molecule has 1 aliphatic heterocycles. The number of sulfonamides is 1. The summed E-state index contributed by atoms with van der Waals surface area (Å²) < 4.78 is 33.0. The Balaban J connectivity index is 2.33. The third-order valence-corrected chi connectivity index (χ3v) is 6.22. The molecular formula is C17H26N2O4S. The predicted octanol–water partition coefficient (Wildman–Crippen LogP) is 1.95. The fourth-order valence-electron chi connectivity index (χ4n) is 3.11. The van der Waals surface area contributed by atoms with Gasteiger partial charge in [0.15, 0.2) is 0 Å². The first-order valence-electron chi connectivity index (χ1n) is 8.24. The summed E-state index contributed by atoms with van der Waals surface area (Å²) in [6.45, 7) is 7.28. The molecule has 1 heterocycles. The molecule has 6 nitrogen and oxygen atoms in total. The maximum atomic E-state index is 13.1. The van der Waals surface area contributed by atoms with Gasteiger partial charge < -0.3 is 9.64 Å². The lowest BCUT2D eigenvalue weighted by Gasteiger charge is -2.23. The average Bonchev–Trinajstić information content (AvgIpc) is 2.80. The summed E-state index contributed by atoms with van der Waals surface area (Å²) in [5, 5.41) is 0. The number of amides is 1. The number of aryl methyl sites for hydroxylation is 2. The fraction of sp³-hybridized carbons (Fsp3) is 0.588. The van der Waals surface area contributed by atoms with Crippen LogP contribution >= 0.6 is 0 Å². The Bertz CT molecular complexity index is 716. The summed E-state index contributed by atoms with van der Waals surface area (Å²) in [4.78, 5) is 13.8. The zero-order chi connectivity index (χ0) is 17.9. The van der Waals surface area contributed by atoms with Crippen LogP contribution in [0.1, 0.15) is 30.9 Å². The summed E-state index contributed by atoms with van der Waals surface area (Å²) in [7, 11) is -2.17. The Hall–Kier alpha value is -1.60. The average molecular weight is 354 g/mol. The number of methoxy groups -OCH3 is 1. The van der Waals surface area contributed by atoms with Gasteiger partial charge >= 0.3 is 0 Å². The predicted molar refractivity (Wildman–Crippen MR) is 92.7 cm³/mol. The van der Waals surface area contributed by atoms with Gasteiger partial charge in [0.1, 0.15) is 10.6 Å². The van der Waals surface area contributed by atoms with E-state index in [1.54, 1.807) is 11.0 Å². The molecule has 24 heavy (non-hydrogen) atoms. The number of hydrogen-bond donors (Lipinski definition) is 0. The molecule has 1 fully saturated rings.